The third kappa shape index (κ3) is 5.71. The Morgan fingerprint density at radius 1 is 1.06 bits per heavy atom. The number of hydrogen-bond acceptors (Lipinski definition) is 2. The monoisotopic (exact) mass is 254 g/mol. The Morgan fingerprint density at radius 3 is 2.28 bits per heavy atom. The van der Waals surface area contributed by atoms with Gasteiger partial charge in [-0.25, -0.2) is 0 Å². The lowest BCUT2D eigenvalue weighted by Gasteiger charge is -2.31. The van der Waals surface area contributed by atoms with Crippen LogP contribution < -0.4 is 10.6 Å². The van der Waals surface area contributed by atoms with Crippen LogP contribution in [-0.4, -0.2) is 25.7 Å². The van der Waals surface area contributed by atoms with E-state index < -0.39 is 0 Å². The van der Waals surface area contributed by atoms with Crippen molar-refractivity contribution in [1.29, 1.82) is 0 Å². The zero-order valence-corrected chi connectivity index (χ0v) is 13.0. The van der Waals surface area contributed by atoms with Crippen LogP contribution in [0.3, 0.4) is 0 Å². The van der Waals surface area contributed by atoms with E-state index in [0.29, 0.717) is 11.5 Å². The summed E-state index contributed by atoms with van der Waals surface area (Å²) in [5.41, 5.74) is 0.616. The van der Waals surface area contributed by atoms with Crippen molar-refractivity contribution in [3.8, 4) is 0 Å². The van der Waals surface area contributed by atoms with Crippen molar-refractivity contribution >= 4 is 0 Å². The van der Waals surface area contributed by atoms with E-state index in [0.717, 1.165) is 19.0 Å². The summed E-state index contributed by atoms with van der Waals surface area (Å²) in [7, 11) is 0. The molecule has 0 aromatic rings. The van der Waals surface area contributed by atoms with Crippen LogP contribution in [0.4, 0.5) is 0 Å². The summed E-state index contributed by atoms with van der Waals surface area (Å²) >= 11 is 0. The maximum absolute atomic E-state index is 3.69. The van der Waals surface area contributed by atoms with Crippen LogP contribution in [-0.2, 0) is 0 Å². The fraction of sp³-hybridized carbons (Fsp3) is 1.00. The summed E-state index contributed by atoms with van der Waals surface area (Å²) in [6.45, 7) is 12.7. The molecule has 1 aliphatic carbocycles. The second kappa shape index (κ2) is 8.16. The Hall–Kier alpha value is -0.0800. The average molecular weight is 254 g/mol. The van der Waals surface area contributed by atoms with Gasteiger partial charge in [0.1, 0.15) is 0 Å². The highest BCUT2D eigenvalue weighted by Crippen LogP contribution is 2.42. The van der Waals surface area contributed by atoms with Crippen molar-refractivity contribution in [1.82, 2.24) is 10.6 Å². The van der Waals surface area contributed by atoms with E-state index in [2.05, 4.69) is 38.3 Å². The topological polar surface area (TPSA) is 24.1 Å². The number of rotatable bonds is 9. The van der Waals surface area contributed by atoms with Gasteiger partial charge in [-0.15, -0.1) is 0 Å². The first-order valence-electron chi connectivity index (χ1n) is 8.02. The lowest BCUT2D eigenvalue weighted by atomic mass is 9.78. The van der Waals surface area contributed by atoms with Crippen molar-refractivity contribution in [2.45, 2.75) is 72.3 Å². The van der Waals surface area contributed by atoms with E-state index >= 15 is 0 Å². The normalized spacial score (nSPS) is 20.5. The zero-order valence-electron chi connectivity index (χ0n) is 13.0. The zero-order chi connectivity index (χ0) is 13.4. The van der Waals surface area contributed by atoms with E-state index in [9.17, 15) is 0 Å². The van der Waals surface area contributed by atoms with Crippen LogP contribution in [0.15, 0.2) is 0 Å². The quantitative estimate of drug-likeness (QED) is 0.615. The van der Waals surface area contributed by atoms with Crippen molar-refractivity contribution < 1.29 is 0 Å². The Morgan fingerprint density at radius 2 is 1.72 bits per heavy atom. The van der Waals surface area contributed by atoms with Gasteiger partial charge in [-0.05, 0) is 43.9 Å². The van der Waals surface area contributed by atoms with E-state index in [-0.39, 0.29) is 0 Å². The summed E-state index contributed by atoms with van der Waals surface area (Å²) < 4.78 is 0. The van der Waals surface area contributed by atoms with Crippen LogP contribution in [0.1, 0.15) is 66.2 Å². The summed E-state index contributed by atoms with van der Waals surface area (Å²) in [5.74, 6) is 0.836. The third-order valence-electron chi connectivity index (χ3n) is 4.41. The molecule has 0 heterocycles. The summed E-state index contributed by atoms with van der Waals surface area (Å²) in [5, 5.41) is 7.24. The van der Waals surface area contributed by atoms with Gasteiger partial charge in [-0.3, -0.25) is 0 Å². The van der Waals surface area contributed by atoms with Gasteiger partial charge in [0.2, 0.25) is 0 Å². The molecular weight excluding hydrogens is 220 g/mol. The molecule has 0 aromatic heterocycles. The Labute approximate surface area is 114 Å². The van der Waals surface area contributed by atoms with Crippen LogP contribution >= 0.6 is 0 Å². The first-order chi connectivity index (χ1) is 8.58. The van der Waals surface area contributed by atoms with Crippen LogP contribution in [0.2, 0.25) is 0 Å². The number of hydrogen-bond donors (Lipinski definition) is 2. The molecule has 0 amide bonds. The molecule has 1 saturated carbocycles. The molecule has 0 aliphatic heterocycles. The smallest absolute Gasteiger partial charge is 0.00792 e. The Balaban J connectivity index is 2.18. The van der Waals surface area contributed by atoms with E-state index in [1.807, 2.05) is 0 Å². The standard InChI is InChI=1S/C16H34N2/c1-5-15(4)18-11-10-17-13-16(12-14(2)3)8-6-7-9-16/h14-15,17-18H,5-13H2,1-4H3. The molecule has 2 nitrogen and oxygen atoms in total. The predicted molar refractivity (Wildman–Crippen MR) is 81.0 cm³/mol. The fourth-order valence-electron chi connectivity index (χ4n) is 3.35. The molecule has 1 aliphatic rings. The molecule has 1 unspecified atom stereocenters. The van der Waals surface area contributed by atoms with Crippen molar-refractivity contribution in [3.63, 3.8) is 0 Å². The third-order valence-corrected chi connectivity index (χ3v) is 4.41. The molecule has 0 bridgehead atoms. The molecule has 1 rings (SSSR count). The molecule has 1 fully saturated rings. The molecule has 0 aromatic carbocycles. The Kier molecular flexibility index (Phi) is 7.25. The minimum absolute atomic E-state index is 0.616. The van der Waals surface area contributed by atoms with Crippen LogP contribution in [0.5, 0.6) is 0 Å². The fourth-order valence-corrected chi connectivity index (χ4v) is 3.35. The minimum Gasteiger partial charge on any atom is -0.315 e. The molecule has 2 heteroatoms. The van der Waals surface area contributed by atoms with Crippen molar-refractivity contribution in [2.24, 2.45) is 11.3 Å². The SMILES string of the molecule is CCC(C)NCCNCC1(CC(C)C)CCCC1. The summed E-state index contributed by atoms with van der Waals surface area (Å²) in [6, 6.07) is 0.655. The summed E-state index contributed by atoms with van der Waals surface area (Å²) in [6.07, 6.45) is 8.39. The van der Waals surface area contributed by atoms with Gasteiger partial charge >= 0.3 is 0 Å². The highest BCUT2D eigenvalue weighted by molar-refractivity contribution is 4.87. The molecule has 0 spiro atoms. The molecule has 0 saturated heterocycles. The second-order valence-corrected chi connectivity index (χ2v) is 6.75. The largest absolute Gasteiger partial charge is 0.315 e. The maximum Gasteiger partial charge on any atom is 0.00792 e. The van der Waals surface area contributed by atoms with Gasteiger partial charge in [0.05, 0.1) is 0 Å². The highest BCUT2D eigenvalue weighted by atomic mass is 15.0. The van der Waals surface area contributed by atoms with Crippen LogP contribution in [0, 0.1) is 11.3 Å². The molecule has 108 valence electrons. The predicted octanol–water partition coefficient (Wildman–Crippen LogP) is 3.57. The van der Waals surface area contributed by atoms with Gasteiger partial charge in [0.25, 0.3) is 0 Å². The van der Waals surface area contributed by atoms with E-state index in [1.54, 1.807) is 0 Å². The van der Waals surface area contributed by atoms with Gasteiger partial charge in [0, 0.05) is 25.7 Å². The van der Waals surface area contributed by atoms with E-state index in [4.69, 9.17) is 0 Å². The molecule has 2 N–H and O–H groups in total. The lowest BCUT2D eigenvalue weighted by molar-refractivity contribution is 0.224. The molecule has 0 radical (unpaired) electrons. The Bertz CT molecular complexity index is 207. The minimum atomic E-state index is 0.616. The first kappa shape index (κ1) is 16.0. The molecule has 18 heavy (non-hydrogen) atoms. The van der Waals surface area contributed by atoms with Crippen molar-refractivity contribution in [3.05, 3.63) is 0 Å². The average Bonchev–Trinajstić information content (AvgIpc) is 2.76. The van der Waals surface area contributed by atoms with Gasteiger partial charge < -0.3 is 10.6 Å². The lowest BCUT2D eigenvalue weighted by Crippen LogP contribution is -2.38. The van der Waals surface area contributed by atoms with Gasteiger partial charge in [0.15, 0.2) is 0 Å². The second-order valence-electron chi connectivity index (χ2n) is 6.75. The maximum atomic E-state index is 3.69. The van der Waals surface area contributed by atoms with Gasteiger partial charge in [-0.1, -0.05) is 33.6 Å². The van der Waals surface area contributed by atoms with Crippen LogP contribution in [0.25, 0.3) is 0 Å². The molecular formula is C16H34N2. The van der Waals surface area contributed by atoms with Gasteiger partial charge in [-0.2, -0.15) is 0 Å². The van der Waals surface area contributed by atoms with Crippen molar-refractivity contribution in [2.75, 3.05) is 19.6 Å². The number of nitrogens with one attached hydrogen (secondary N) is 2. The first-order valence-corrected chi connectivity index (χ1v) is 8.02. The summed E-state index contributed by atoms with van der Waals surface area (Å²) in [4.78, 5) is 0. The molecule has 1 atom stereocenters. The van der Waals surface area contributed by atoms with E-state index in [1.165, 1.54) is 45.1 Å². The highest BCUT2D eigenvalue weighted by Gasteiger charge is 2.33.